The molecule has 1 aliphatic carbocycles. The number of aryl methyl sites for hydroxylation is 1. The van der Waals surface area contributed by atoms with Crippen molar-refractivity contribution in [2.75, 3.05) is 11.4 Å². The molecule has 1 aliphatic heterocycles. The Morgan fingerprint density at radius 2 is 2.04 bits per heavy atom. The molecule has 3 rings (SSSR count). The van der Waals surface area contributed by atoms with Crippen LogP contribution in [0.4, 0.5) is 10.5 Å². The molecule has 1 heterocycles. The average molecular weight is 315 g/mol. The van der Waals surface area contributed by atoms with Crippen LogP contribution in [0.2, 0.25) is 0 Å². The van der Waals surface area contributed by atoms with Crippen molar-refractivity contribution in [2.24, 2.45) is 17.8 Å². The summed E-state index contributed by atoms with van der Waals surface area (Å²) in [5.41, 5.74) is 2.29. The number of para-hydroxylation sites is 1. The van der Waals surface area contributed by atoms with E-state index in [1.165, 1.54) is 18.4 Å². The monoisotopic (exact) mass is 315 g/mol. The first kappa shape index (κ1) is 16.4. The van der Waals surface area contributed by atoms with Gasteiger partial charge in [-0.3, -0.25) is 4.90 Å². The third kappa shape index (κ3) is 3.54. The maximum atomic E-state index is 12.8. The van der Waals surface area contributed by atoms with E-state index in [-0.39, 0.29) is 12.2 Å². The molecule has 3 heteroatoms. The van der Waals surface area contributed by atoms with E-state index in [9.17, 15) is 4.79 Å². The third-order valence-electron chi connectivity index (χ3n) is 5.54. The highest BCUT2D eigenvalue weighted by Gasteiger charge is 2.35. The lowest BCUT2D eigenvalue weighted by molar-refractivity contribution is 0.00927. The van der Waals surface area contributed by atoms with E-state index in [0.717, 1.165) is 31.5 Å². The first-order valence-electron chi connectivity index (χ1n) is 9.12. The molecule has 23 heavy (non-hydrogen) atoms. The van der Waals surface area contributed by atoms with Gasteiger partial charge in [0.25, 0.3) is 0 Å². The van der Waals surface area contributed by atoms with Gasteiger partial charge in [-0.2, -0.15) is 0 Å². The van der Waals surface area contributed by atoms with Gasteiger partial charge >= 0.3 is 6.09 Å². The van der Waals surface area contributed by atoms with E-state index in [4.69, 9.17) is 4.74 Å². The van der Waals surface area contributed by atoms with Crippen molar-refractivity contribution in [1.82, 2.24) is 0 Å². The maximum absolute atomic E-state index is 12.8. The number of fused-ring (bicyclic) bond motifs is 1. The van der Waals surface area contributed by atoms with E-state index < -0.39 is 0 Å². The van der Waals surface area contributed by atoms with Gasteiger partial charge in [-0.1, -0.05) is 45.4 Å². The summed E-state index contributed by atoms with van der Waals surface area (Å²) in [4.78, 5) is 14.7. The molecular formula is C20H29NO2. The van der Waals surface area contributed by atoms with E-state index in [2.05, 4.69) is 26.8 Å². The molecule has 2 aliphatic rings. The SMILES string of the molecule is CC1CCC(C(C)C)C(OC(=O)N2CCCc3ccccc32)C1. The normalized spacial score (nSPS) is 27.7. The molecule has 1 aromatic carbocycles. The predicted octanol–water partition coefficient (Wildman–Crippen LogP) is 5.04. The molecule has 0 N–H and O–H groups in total. The number of hydrogen-bond acceptors (Lipinski definition) is 2. The van der Waals surface area contributed by atoms with Crippen molar-refractivity contribution in [3.8, 4) is 0 Å². The fraction of sp³-hybridized carbons (Fsp3) is 0.650. The minimum atomic E-state index is -0.151. The Bertz CT molecular complexity index is 554. The van der Waals surface area contributed by atoms with E-state index in [1.54, 1.807) is 0 Å². The predicted molar refractivity (Wildman–Crippen MR) is 93.7 cm³/mol. The summed E-state index contributed by atoms with van der Waals surface area (Å²) in [5, 5.41) is 0. The highest BCUT2D eigenvalue weighted by molar-refractivity contribution is 5.89. The lowest BCUT2D eigenvalue weighted by Crippen LogP contribution is -2.42. The van der Waals surface area contributed by atoms with Crippen LogP contribution < -0.4 is 4.90 Å². The molecule has 0 radical (unpaired) electrons. The van der Waals surface area contributed by atoms with Crippen LogP contribution in [0.1, 0.15) is 52.0 Å². The number of amides is 1. The number of nitrogens with zero attached hydrogens (tertiary/aromatic N) is 1. The van der Waals surface area contributed by atoms with Gasteiger partial charge in [0, 0.05) is 6.54 Å². The summed E-state index contributed by atoms with van der Waals surface area (Å²) in [6.45, 7) is 7.54. The van der Waals surface area contributed by atoms with Crippen molar-refractivity contribution in [1.29, 1.82) is 0 Å². The Labute approximate surface area is 140 Å². The van der Waals surface area contributed by atoms with Gasteiger partial charge in [-0.15, -0.1) is 0 Å². The molecule has 1 fully saturated rings. The average Bonchev–Trinajstić information content (AvgIpc) is 2.54. The van der Waals surface area contributed by atoms with Gasteiger partial charge < -0.3 is 4.74 Å². The molecule has 0 bridgehead atoms. The Morgan fingerprint density at radius 3 is 2.83 bits per heavy atom. The molecule has 3 atom stereocenters. The summed E-state index contributed by atoms with van der Waals surface area (Å²) >= 11 is 0. The molecule has 1 saturated carbocycles. The minimum Gasteiger partial charge on any atom is -0.446 e. The van der Waals surface area contributed by atoms with Crippen LogP contribution in [0.5, 0.6) is 0 Å². The smallest absolute Gasteiger partial charge is 0.414 e. The van der Waals surface area contributed by atoms with Gasteiger partial charge in [0.15, 0.2) is 0 Å². The van der Waals surface area contributed by atoms with Gasteiger partial charge in [-0.05, 0) is 55.1 Å². The molecule has 126 valence electrons. The fourth-order valence-corrected chi connectivity index (χ4v) is 4.17. The molecule has 0 saturated heterocycles. The molecule has 1 amide bonds. The maximum Gasteiger partial charge on any atom is 0.414 e. The summed E-state index contributed by atoms with van der Waals surface area (Å²) in [6, 6.07) is 8.21. The van der Waals surface area contributed by atoms with Crippen LogP contribution in [0.25, 0.3) is 0 Å². The molecule has 0 spiro atoms. The largest absolute Gasteiger partial charge is 0.446 e. The number of rotatable bonds is 2. The molecule has 1 aromatic rings. The van der Waals surface area contributed by atoms with Crippen LogP contribution in [0.15, 0.2) is 24.3 Å². The summed E-state index contributed by atoms with van der Waals surface area (Å²) in [6.07, 6.45) is 5.42. The second kappa shape index (κ2) is 6.94. The van der Waals surface area contributed by atoms with Gasteiger partial charge in [0.1, 0.15) is 6.10 Å². The van der Waals surface area contributed by atoms with Crippen LogP contribution in [0.3, 0.4) is 0 Å². The number of benzene rings is 1. The lowest BCUT2D eigenvalue weighted by Gasteiger charge is -2.38. The number of ether oxygens (including phenoxy) is 1. The van der Waals surface area contributed by atoms with Crippen LogP contribution in [-0.4, -0.2) is 18.7 Å². The lowest BCUT2D eigenvalue weighted by atomic mass is 9.75. The Balaban J connectivity index is 1.73. The number of hydrogen-bond donors (Lipinski definition) is 0. The number of carbonyl (C=O) groups is 1. The summed E-state index contributed by atoms with van der Waals surface area (Å²) in [5.74, 6) is 1.71. The van der Waals surface area contributed by atoms with Crippen molar-refractivity contribution < 1.29 is 9.53 Å². The Morgan fingerprint density at radius 1 is 1.26 bits per heavy atom. The quantitative estimate of drug-likeness (QED) is 0.765. The fourth-order valence-electron chi connectivity index (χ4n) is 4.17. The van der Waals surface area contributed by atoms with Gasteiger partial charge in [-0.25, -0.2) is 4.79 Å². The van der Waals surface area contributed by atoms with Gasteiger partial charge in [0.05, 0.1) is 5.69 Å². The van der Waals surface area contributed by atoms with Crippen LogP contribution >= 0.6 is 0 Å². The molecule has 3 unspecified atom stereocenters. The van der Waals surface area contributed by atoms with E-state index >= 15 is 0 Å². The summed E-state index contributed by atoms with van der Waals surface area (Å²) in [7, 11) is 0. The van der Waals surface area contributed by atoms with Gasteiger partial charge in [0.2, 0.25) is 0 Å². The highest BCUT2D eigenvalue weighted by Crippen LogP contribution is 2.36. The van der Waals surface area contributed by atoms with Crippen molar-refractivity contribution in [2.45, 2.75) is 59.0 Å². The number of carbonyl (C=O) groups excluding carboxylic acids is 1. The second-order valence-corrected chi connectivity index (χ2v) is 7.63. The topological polar surface area (TPSA) is 29.5 Å². The first-order chi connectivity index (χ1) is 11.1. The second-order valence-electron chi connectivity index (χ2n) is 7.63. The van der Waals surface area contributed by atoms with Crippen molar-refractivity contribution in [3.63, 3.8) is 0 Å². The zero-order valence-electron chi connectivity index (χ0n) is 14.6. The molecule has 0 aromatic heterocycles. The van der Waals surface area contributed by atoms with E-state index in [1.807, 2.05) is 23.1 Å². The van der Waals surface area contributed by atoms with Crippen molar-refractivity contribution in [3.05, 3.63) is 29.8 Å². The van der Waals surface area contributed by atoms with Crippen molar-refractivity contribution >= 4 is 11.8 Å². The highest BCUT2D eigenvalue weighted by atomic mass is 16.6. The summed E-state index contributed by atoms with van der Waals surface area (Å²) < 4.78 is 6.02. The molecule has 3 nitrogen and oxygen atoms in total. The third-order valence-corrected chi connectivity index (χ3v) is 5.54. The molecular weight excluding hydrogens is 286 g/mol. The van der Waals surface area contributed by atoms with Crippen LogP contribution in [-0.2, 0) is 11.2 Å². The first-order valence-corrected chi connectivity index (χ1v) is 9.12. The standard InChI is InChI=1S/C20H29NO2/c1-14(2)17-11-10-15(3)13-19(17)23-20(22)21-12-6-8-16-7-4-5-9-18(16)21/h4-5,7,9,14-15,17,19H,6,8,10-13H2,1-3H3. The minimum absolute atomic E-state index is 0.0698. The van der Waals surface area contributed by atoms with E-state index in [0.29, 0.717) is 17.8 Å². The zero-order valence-corrected chi connectivity index (χ0v) is 14.6. The number of anilines is 1. The van der Waals surface area contributed by atoms with Crippen LogP contribution in [0, 0.1) is 17.8 Å². The Hall–Kier alpha value is -1.51. The zero-order chi connectivity index (χ0) is 16.4. The Kier molecular flexibility index (Phi) is 4.93.